The molecule has 0 atom stereocenters. The predicted octanol–water partition coefficient (Wildman–Crippen LogP) is 3.54. The van der Waals surface area contributed by atoms with Crippen LogP contribution in [0.3, 0.4) is 0 Å². The minimum Gasteiger partial charge on any atom is -0.374 e. The molecular weight excluding hydrogens is 329 g/mol. The Morgan fingerprint density at radius 1 is 1.12 bits per heavy atom. The van der Waals surface area contributed by atoms with Crippen molar-refractivity contribution < 1.29 is 17.5 Å². The predicted molar refractivity (Wildman–Crippen MR) is 91.5 cm³/mol. The highest BCUT2D eigenvalue weighted by Gasteiger charge is 2.19. The van der Waals surface area contributed by atoms with E-state index in [1.54, 1.807) is 6.92 Å². The number of nitrogens with one attached hydrogen (secondary N) is 1. The zero-order valence-corrected chi connectivity index (χ0v) is 14.9. The van der Waals surface area contributed by atoms with Crippen LogP contribution < -0.4 is 4.72 Å². The summed E-state index contributed by atoms with van der Waals surface area (Å²) < 4.78 is 46.6. The van der Waals surface area contributed by atoms with Crippen molar-refractivity contribution in [2.24, 2.45) is 0 Å². The van der Waals surface area contributed by atoms with Gasteiger partial charge in [-0.25, -0.2) is 17.5 Å². The highest BCUT2D eigenvalue weighted by molar-refractivity contribution is 7.89. The lowest BCUT2D eigenvalue weighted by Crippen LogP contribution is -2.25. The smallest absolute Gasteiger partial charge is 0.243 e. The molecule has 2 rings (SSSR count). The van der Waals surface area contributed by atoms with Gasteiger partial charge in [-0.2, -0.15) is 0 Å². The summed E-state index contributed by atoms with van der Waals surface area (Å²) in [7, 11) is -3.93. The summed E-state index contributed by atoms with van der Waals surface area (Å²) in [4.78, 5) is -0.335. The quantitative estimate of drug-likeness (QED) is 0.830. The van der Waals surface area contributed by atoms with Crippen LogP contribution in [0.4, 0.5) is 4.39 Å². The van der Waals surface area contributed by atoms with Gasteiger partial charge in [0.1, 0.15) is 10.7 Å². The molecule has 0 heterocycles. The Morgan fingerprint density at radius 3 is 2.46 bits per heavy atom. The van der Waals surface area contributed by atoms with Crippen molar-refractivity contribution in [2.75, 3.05) is 0 Å². The highest BCUT2D eigenvalue weighted by Crippen LogP contribution is 2.17. The van der Waals surface area contributed by atoms with E-state index in [4.69, 9.17) is 4.74 Å². The van der Waals surface area contributed by atoms with Crippen LogP contribution in [-0.4, -0.2) is 14.5 Å². The first-order valence-corrected chi connectivity index (χ1v) is 9.22. The molecule has 0 spiro atoms. The van der Waals surface area contributed by atoms with Gasteiger partial charge in [-0.15, -0.1) is 0 Å². The van der Waals surface area contributed by atoms with Gasteiger partial charge in [-0.1, -0.05) is 30.3 Å². The monoisotopic (exact) mass is 351 g/mol. The number of benzene rings is 2. The first-order chi connectivity index (χ1) is 11.3. The second-order valence-electron chi connectivity index (χ2n) is 5.89. The van der Waals surface area contributed by atoms with E-state index in [1.807, 2.05) is 38.1 Å². The molecule has 1 N–H and O–H groups in total. The van der Waals surface area contributed by atoms with E-state index in [0.29, 0.717) is 12.2 Å². The SMILES string of the molecule is Cc1ccc(F)c(S(=O)(=O)NCc2ccccc2COC(C)C)c1. The summed E-state index contributed by atoms with van der Waals surface area (Å²) in [5, 5.41) is 0. The molecule has 0 radical (unpaired) electrons. The molecule has 2 aromatic carbocycles. The lowest BCUT2D eigenvalue weighted by molar-refractivity contribution is 0.0652. The molecule has 0 fully saturated rings. The third kappa shape index (κ3) is 4.87. The summed E-state index contributed by atoms with van der Waals surface area (Å²) in [5.74, 6) is -0.760. The van der Waals surface area contributed by atoms with E-state index >= 15 is 0 Å². The fourth-order valence-corrected chi connectivity index (χ4v) is 3.36. The molecule has 24 heavy (non-hydrogen) atoms. The molecular formula is C18H22FNO3S. The second kappa shape index (κ2) is 7.88. The molecule has 0 aromatic heterocycles. The lowest BCUT2D eigenvalue weighted by Gasteiger charge is -2.13. The third-order valence-corrected chi connectivity index (χ3v) is 4.94. The molecule has 6 heteroatoms. The van der Waals surface area contributed by atoms with Gasteiger partial charge < -0.3 is 4.74 Å². The Balaban J connectivity index is 2.17. The van der Waals surface area contributed by atoms with Crippen molar-refractivity contribution >= 4 is 10.0 Å². The van der Waals surface area contributed by atoms with Gasteiger partial charge >= 0.3 is 0 Å². The molecule has 0 aliphatic heterocycles. The number of halogens is 1. The summed E-state index contributed by atoms with van der Waals surface area (Å²) in [6.07, 6.45) is 0.0798. The maximum atomic E-state index is 13.8. The minimum atomic E-state index is -3.93. The molecule has 2 aromatic rings. The minimum absolute atomic E-state index is 0.0767. The average molecular weight is 351 g/mol. The van der Waals surface area contributed by atoms with E-state index in [-0.39, 0.29) is 17.5 Å². The topological polar surface area (TPSA) is 55.4 Å². The van der Waals surface area contributed by atoms with E-state index in [0.717, 1.165) is 17.2 Å². The maximum absolute atomic E-state index is 13.8. The molecule has 0 aliphatic rings. The Labute approximate surface area is 142 Å². The normalized spacial score (nSPS) is 11.9. The molecule has 0 bridgehead atoms. The maximum Gasteiger partial charge on any atom is 0.243 e. The van der Waals surface area contributed by atoms with Crippen LogP contribution in [-0.2, 0) is 27.9 Å². The van der Waals surface area contributed by atoms with Gasteiger partial charge in [0.05, 0.1) is 12.7 Å². The van der Waals surface area contributed by atoms with Crippen LogP contribution in [0.2, 0.25) is 0 Å². The van der Waals surface area contributed by atoms with E-state index < -0.39 is 15.8 Å². The standard InChI is InChI=1S/C18H22FNO3S/c1-13(2)23-12-16-7-5-4-6-15(16)11-20-24(21,22)18-10-14(3)8-9-17(18)19/h4-10,13,20H,11-12H2,1-3H3. The van der Waals surface area contributed by atoms with Crippen molar-refractivity contribution in [3.8, 4) is 0 Å². The summed E-state index contributed by atoms with van der Waals surface area (Å²) in [6.45, 7) is 6.07. The van der Waals surface area contributed by atoms with E-state index in [9.17, 15) is 12.8 Å². The van der Waals surface area contributed by atoms with Crippen molar-refractivity contribution in [3.05, 3.63) is 65.0 Å². The van der Waals surface area contributed by atoms with Gasteiger partial charge in [0.25, 0.3) is 0 Å². The Hall–Kier alpha value is -1.76. The molecule has 0 amide bonds. The Bertz CT molecular complexity index is 804. The summed E-state index contributed by atoms with van der Waals surface area (Å²) in [5.41, 5.74) is 2.39. The van der Waals surface area contributed by atoms with Crippen LogP contribution >= 0.6 is 0 Å². The van der Waals surface area contributed by atoms with Crippen molar-refractivity contribution in [1.82, 2.24) is 4.72 Å². The number of hydrogen-bond acceptors (Lipinski definition) is 3. The molecule has 0 saturated carbocycles. The highest BCUT2D eigenvalue weighted by atomic mass is 32.2. The molecule has 130 valence electrons. The van der Waals surface area contributed by atoms with Gasteiger partial charge in [-0.05, 0) is 49.6 Å². The fraction of sp³-hybridized carbons (Fsp3) is 0.333. The molecule has 0 unspecified atom stereocenters. The van der Waals surface area contributed by atoms with Crippen LogP contribution in [0.5, 0.6) is 0 Å². The number of aryl methyl sites for hydroxylation is 1. The zero-order chi connectivity index (χ0) is 17.7. The summed E-state index contributed by atoms with van der Waals surface area (Å²) >= 11 is 0. The van der Waals surface area contributed by atoms with E-state index in [1.165, 1.54) is 12.1 Å². The lowest BCUT2D eigenvalue weighted by atomic mass is 10.1. The van der Waals surface area contributed by atoms with Gasteiger partial charge in [-0.3, -0.25) is 0 Å². The molecule has 0 saturated heterocycles. The largest absolute Gasteiger partial charge is 0.374 e. The number of ether oxygens (including phenoxy) is 1. The number of sulfonamides is 1. The summed E-state index contributed by atoms with van der Waals surface area (Å²) in [6, 6.07) is 11.4. The number of rotatable bonds is 7. The first kappa shape index (κ1) is 18.6. The fourth-order valence-electron chi connectivity index (χ4n) is 2.19. The van der Waals surface area contributed by atoms with Crippen LogP contribution in [0, 0.1) is 12.7 Å². The van der Waals surface area contributed by atoms with Crippen molar-refractivity contribution in [1.29, 1.82) is 0 Å². The number of hydrogen-bond donors (Lipinski definition) is 1. The van der Waals surface area contributed by atoms with Gasteiger partial charge in [0.15, 0.2) is 0 Å². The first-order valence-electron chi connectivity index (χ1n) is 7.74. The van der Waals surface area contributed by atoms with Crippen molar-refractivity contribution in [2.45, 2.75) is 44.9 Å². The van der Waals surface area contributed by atoms with Gasteiger partial charge in [0.2, 0.25) is 10.0 Å². The van der Waals surface area contributed by atoms with Crippen LogP contribution in [0.15, 0.2) is 47.4 Å². The average Bonchev–Trinajstić information content (AvgIpc) is 2.54. The Kier molecular flexibility index (Phi) is 6.10. The third-order valence-electron chi connectivity index (χ3n) is 3.52. The molecule has 0 aliphatic carbocycles. The van der Waals surface area contributed by atoms with Gasteiger partial charge in [0, 0.05) is 6.54 Å². The second-order valence-corrected chi connectivity index (χ2v) is 7.62. The zero-order valence-electron chi connectivity index (χ0n) is 14.0. The van der Waals surface area contributed by atoms with Crippen molar-refractivity contribution in [3.63, 3.8) is 0 Å². The molecule has 4 nitrogen and oxygen atoms in total. The van der Waals surface area contributed by atoms with Crippen LogP contribution in [0.1, 0.15) is 30.5 Å². The van der Waals surface area contributed by atoms with Crippen LogP contribution in [0.25, 0.3) is 0 Å². The Morgan fingerprint density at radius 2 is 1.79 bits per heavy atom. The van der Waals surface area contributed by atoms with E-state index in [2.05, 4.69) is 4.72 Å².